The van der Waals surface area contributed by atoms with Crippen molar-refractivity contribution in [3.63, 3.8) is 0 Å². The monoisotopic (exact) mass is 488 g/mol. The molecule has 1 aromatic heterocycles. The molecule has 1 aliphatic heterocycles. The van der Waals surface area contributed by atoms with Crippen LogP contribution in [0.25, 0.3) is 0 Å². The molecule has 7 nitrogen and oxygen atoms in total. The van der Waals surface area contributed by atoms with E-state index < -0.39 is 0 Å². The quantitative estimate of drug-likeness (QED) is 0.466. The van der Waals surface area contributed by atoms with Gasteiger partial charge in [0.2, 0.25) is 0 Å². The summed E-state index contributed by atoms with van der Waals surface area (Å²) < 4.78 is 5.56. The predicted octanol–water partition coefficient (Wildman–Crippen LogP) is 5.11. The van der Waals surface area contributed by atoms with Gasteiger partial charge in [-0.2, -0.15) is 5.26 Å². The van der Waals surface area contributed by atoms with E-state index in [0.717, 1.165) is 29.9 Å². The van der Waals surface area contributed by atoms with Crippen LogP contribution in [0.15, 0.2) is 60.7 Å². The third-order valence-corrected chi connectivity index (χ3v) is 6.02. The molecule has 35 heavy (non-hydrogen) atoms. The van der Waals surface area contributed by atoms with Gasteiger partial charge in [0.15, 0.2) is 0 Å². The molecule has 1 aliphatic rings. The fraction of sp³-hybridized carbons (Fsp3) is 0.259. The number of halogens is 1. The van der Waals surface area contributed by atoms with Gasteiger partial charge in [0, 0.05) is 22.7 Å². The van der Waals surface area contributed by atoms with Gasteiger partial charge < -0.3 is 15.0 Å². The largest absolute Gasteiger partial charge is 0.492 e. The van der Waals surface area contributed by atoms with Crippen molar-refractivity contribution in [3.05, 3.63) is 88.2 Å². The second-order valence-electron chi connectivity index (χ2n) is 8.25. The first-order valence-electron chi connectivity index (χ1n) is 11.4. The highest BCUT2D eigenvalue weighted by molar-refractivity contribution is 6.30. The Morgan fingerprint density at radius 3 is 2.74 bits per heavy atom. The number of pyridine rings is 1. The average Bonchev–Trinajstić information content (AvgIpc) is 2.88. The van der Waals surface area contributed by atoms with Crippen LogP contribution in [0.4, 0.5) is 5.69 Å². The predicted molar refractivity (Wildman–Crippen MR) is 134 cm³/mol. The molecule has 2 aromatic carbocycles. The first-order valence-corrected chi connectivity index (χ1v) is 11.8. The second-order valence-corrected chi connectivity index (χ2v) is 8.69. The number of hydrogen-bond donors (Lipinski definition) is 1. The zero-order valence-corrected chi connectivity index (χ0v) is 20.1. The third-order valence-electron chi connectivity index (χ3n) is 5.76. The van der Waals surface area contributed by atoms with Gasteiger partial charge in [-0.15, -0.1) is 0 Å². The van der Waals surface area contributed by atoms with Crippen LogP contribution in [0.2, 0.25) is 5.02 Å². The van der Waals surface area contributed by atoms with E-state index in [1.165, 1.54) is 0 Å². The maximum Gasteiger partial charge on any atom is 0.258 e. The zero-order valence-electron chi connectivity index (χ0n) is 19.3. The van der Waals surface area contributed by atoms with Gasteiger partial charge >= 0.3 is 0 Å². The van der Waals surface area contributed by atoms with E-state index in [0.29, 0.717) is 28.4 Å². The van der Waals surface area contributed by atoms with Crippen LogP contribution in [0.3, 0.4) is 0 Å². The molecule has 1 N–H and O–H groups in total. The van der Waals surface area contributed by atoms with Crippen molar-refractivity contribution < 1.29 is 14.3 Å². The molecule has 3 aromatic rings. The van der Waals surface area contributed by atoms with Crippen molar-refractivity contribution in [2.75, 3.05) is 18.1 Å². The number of aryl methyl sites for hydroxylation is 1. The zero-order chi connectivity index (χ0) is 24.8. The van der Waals surface area contributed by atoms with Gasteiger partial charge in [-0.3, -0.25) is 14.6 Å². The van der Waals surface area contributed by atoms with Gasteiger partial charge in [-0.25, -0.2) is 0 Å². The van der Waals surface area contributed by atoms with Crippen molar-refractivity contribution in [1.29, 1.82) is 5.26 Å². The number of nitrogens with one attached hydrogen (secondary N) is 1. The summed E-state index contributed by atoms with van der Waals surface area (Å²) in [4.78, 5) is 32.4. The maximum atomic E-state index is 13.3. The summed E-state index contributed by atoms with van der Waals surface area (Å²) in [5.74, 6) is 0.222. The van der Waals surface area contributed by atoms with Crippen molar-refractivity contribution in [3.8, 4) is 11.8 Å². The van der Waals surface area contributed by atoms with Gasteiger partial charge in [0.1, 0.15) is 12.4 Å². The number of carbonyl (C=O) groups is 2. The summed E-state index contributed by atoms with van der Waals surface area (Å²) in [5.41, 5.74) is 3.37. The van der Waals surface area contributed by atoms with E-state index in [1.807, 2.05) is 25.1 Å². The lowest BCUT2D eigenvalue weighted by molar-refractivity contribution is 0.0938. The summed E-state index contributed by atoms with van der Waals surface area (Å²) in [6.45, 7) is 2.75. The van der Waals surface area contributed by atoms with Gasteiger partial charge in [0.25, 0.3) is 11.8 Å². The van der Waals surface area contributed by atoms with E-state index in [1.54, 1.807) is 53.4 Å². The first kappa shape index (κ1) is 24.2. The molecule has 8 heteroatoms. The summed E-state index contributed by atoms with van der Waals surface area (Å²) in [6.07, 6.45) is 1.82. The van der Waals surface area contributed by atoms with Crippen LogP contribution in [0, 0.1) is 11.3 Å². The minimum atomic E-state index is -0.309. The number of anilines is 1. The maximum absolute atomic E-state index is 13.3. The third kappa shape index (κ3) is 5.79. The number of rotatable bonds is 7. The number of fused-ring (bicyclic) bond motifs is 1. The number of nitriles is 1. The van der Waals surface area contributed by atoms with Gasteiger partial charge in [-0.1, -0.05) is 17.7 Å². The molecule has 178 valence electrons. The number of aromatic nitrogens is 1. The van der Waals surface area contributed by atoms with E-state index in [9.17, 15) is 9.59 Å². The average molecular weight is 489 g/mol. The Hall–Kier alpha value is -3.89. The SMILES string of the molecule is CC(NC(=O)c1ccc(Cl)cc1)c1ccc2c(n1)CCCN2C(=O)c1cccc(OCCC#N)c1. The summed E-state index contributed by atoms with van der Waals surface area (Å²) in [7, 11) is 0. The molecule has 4 rings (SSSR count). The molecule has 1 atom stereocenters. The first-order chi connectivity index (χ1) is 17.0. The van der Waals surface area contributed by atoms with Gasteiger partial charge in [0.05, 0.1) is 35.6 Å². The topological polar surface area (TPSA) is 95.3 Å². The van der Waals surface area contributed by atoms with Crippen LogP contribution in [-0.2, 0) is 6.42 Å². The number of carbonyl (C=O) groups excluding carboxylic acids is 2. The Bertz CT molecular complexity index is 1270. The molecule has 0 radical (unpaired) electrons. The van der Waals surface area contributed by atoms with Crippen LogP contribution in [0.5, 0.6) is 5.75 Å². The summed E-state index contributed by atoms with van der Waals surface area (Å²) in [6, 6.07) is 19.2. The highest BCUT2D eigenvalue weighted by atomic mass is 35.5. The van der Waals surface area contributed by atoms with Crippen LogP contribution in [0.1, 0.15) is 57.9 Å². The second kappa shape index (κ2) is 11.0. The number of nitrogens with zero attached hydrogens (tertiary/aromatic N) is 3. The minimum Gasteiger partial charge on any atom is -0.492 e. The van der Waals surface area contributed by atoms with E-state index in [-0.39, 0.29) is 30.9 Å². The summed E-state index contributed by atoms with van der Waals surface area (Å²) in [5, 5.41) is 12.2. The van der Waals surface area contributed by atoms with Crippen LogP contribution < -0.4 is 15.0 Å². The molecule has 2 heterocycles. The number of benzene rings is 2. The smallest absolute Gasteiger partial charge is 0.258 e. The molecule has 0 saturated heterocycles. The van der Waals surface area contributed by atoms with Crippen molar-refractivity contribution >= 4 is 29.1 Å². The fourth-order valence-corrected chi connectivity index (χ4v) is 4.09. The molecule has 0 saturated carbocycles. The molecule has 0 spiro atoms. The summed E-state index contributed by atoms with van der Waals surface area (Å²) >= 11 is 5.91. The van der Waals surface area contributed by atoms with E-state index >= 15 is 0 Å². The molecule has 0 fully saturated rings. The molecular formula is C27H25ClN4O3. The fourth-order valence-electron chi connectivity index (χ4n) is 3.96. The Labute approximate surface area is 209 Å². The highest BCUT2D eigenvalue weighted by Crippen LogP contribution is 2.29. The Morgan fingerprint density at radius 1 is 1.17 bits per heavy atom. The Balaban J connectivity index is 1.49. The highest BCUT2D eigenvalue weighted by Gasteiger charge is 2.26. The van der Waals surface area contributed by atoms with E-state index in [2.05, 4.69) is 5.32 Å². The van der Waals surface area contributed by atoms with E-state index in [4.69, 9.17) is 26.6 Å². The molecular weight excluding hydrogens is 464 g/mol. The lowest BCUT2D eigenvalue weighted by Gasteiger charge is -2.29. The van der Waals surface area contributed by atoms with Crippen LogP contribution in [-0.4, -0.2) is 29.9 Å². The Morgan fingerprint density at radius 2 is 1.97 bits per heavy atom. The lowest BCUT2D eigenvalue weighted by Crippen LogP contribution is -2.36. The Kier molecular flexibility index (Phi) is 7.64. The standard InChI is InChI=1S/C27H25ClN4O3/c1-18(30-26(33)19-8-10-21(28)11-9-19)23-12-13-25-24(31-23)7-3-15-32(25)27(34)20-5-2-6-22(17-20)35-16-4-14-29/h2,5-6,8-13,17-18H,3-4,7,15-16H2,1H3,(H,30,33). The van der Waals surface area contributed by atoms with Crippen LogP contribution >= 0.6 is 11.6 Å². The number of amides is 2. The molecule has 0 aliphatic carbocycles. The number of hydrogen-bond acceptors (Lipinski definition) is 5. The van der Waals surface area contributed by atoms with Gasteiger partial charge in [-0.05, 0) is 74.4 Å². The van der Waals surface area contributed by atoms with Crippen molar-refractivity contribution in [2.45, 2.75) is 32.2 Å². The molecule has 0 bridgehead atoms. The lowest BCUT2D eigenvalue weighted by atomic mass is 10.0. The number of ether oxygens (including phenoxy) is 1. The normalized spacial score (nSPS) is 13.3. The molecule has 1 unspecified atom stereocenters. The molecule has 2 amide bonds. The van der Waals surface area contributed by atoms with Crippen molar-refractivity contribution in [2.24, 2.45) is 0 Å². The van der Waals surface area contributed by atoms with Crippen molar-refractivity contribution in [1.82, 2.24) is 10.3 Å². The minimum absolute atomic E-state index is 0.129.